The Bertz CT molecular complexity index is 1150. The number of nitriles is 1. The number of nitrogens with zero attached hydrogens (tertiary/aromatic N) is 3. The molecule has 8 nitrogen and oxygen atoms in total. The summed E-state index contributed by atoms with van der Waals surface area (Å²) in [5.74, 6) is 1.63. The third-order valence-corrected chi connectivity index (χ3v) is 5.85. The zero-order valence-corrected chi connectivity index (χ0v) is 17.4. The summed E-state index contributed by atoms with van der Waals surface area (Å²) in [5, 5.41) is 12.5. The van der Waals surface area contributed by atoms with Crippen LogP contribution in [-0.4, -0.2) is 35.2 Å². The van der Waals surface area contributed by atoms with E-state index in [-0.39, 0.29) is 23.8 Å². The standard InChI is InChI=1S/C24H22N4O4/c25-12-17-9-15(1-2-21(17)32-18-4-7-30-8-5-18)16-3-6-27-23(10-16)28-24(29)20-11-19(20)22-13-26-14-31-22/h1-3,6,9-10,13-14,18-20H,4-5,7-8,11H2,(H,27,28,29)/t19-,20-/m1/s1. The number of carbonyl (C=O) groups is 1. The molecule has 32 heavy (non-hydrogen) atoms. The maximum Gasteiger partial charge on any atom is 0.229 e. The lowest BCUT2D eigenvalue weighted by Crippen LogP contribution is -2.26. The van der Waals surface area contributed by atoms with Crippen LogP contribution in [0.15, 0.2) is 53.5 Å². The van der Waals surface area contributed by atoms with Gasteiger partial charge in [-0.05, 0) is 41.8 Å². The molecule has 0 unspecified atom stereocenters. The van der Waals surface area contributed by atoms with Gasteiger partial charge in [-0.15, -0.1) is 0 Å². The molecule has 1 N–H and O–H groups in total. The summed E-state index contributed by atoms with van der Waals surface area (Å²) in [7, 11) is 0. The Hall–Kier alpha value is -3.70. The highest BCUT2D eigenvalue weighted by Crippen LogP contribution is 2.47. The van der Waals surface area contributed by atoms with E-state index in [4.69, 9.17) is 13.9 Å². The van der Waals surface area contributed by atoms with Crippen LogP contribution in [0.2, 0.25) is 0 Å². The summed E-state index contributed by atoms with van der Waals surface area (Å²) in [6, 6.07) is 11.4. The minimum atomic E-state index is -0.139. The van der Waals surface area contributed by atoms with E-state index in [1.54, 1.807) is 24.5 Å². The number of ether oxygens (including phenoxy) is 2. The number of amides is 1. The molecule has 1 aromatic carbocycles. The second-order valence-electron chi connectivity index (χ2n) is 8.02. The molecule has 2 aromatic heterocycles. The summed E-state index contributed by atoms with van der Waals surface area (Å²) in [5.41, 5.74) is 2.18. The molecule has 8 heteroatoms. The van der Waals surface area contributed by atoms with E-state index in [0.29, 0.717) is 30.3 Å². The highest BCUT2D eigenvalue weighted by atomic mass is 16.5. The number of hydrogen-bond acceptors (Lipinski definition) is 7. The molecule has 2 fully saturated rings. The third-order valence-electron chi connectivity index (χ3n) is 5.85. The number of nitrogens with one attached hydrogen (secondary N) is 1. The number of anilines is 1. The first-order valence-electron chi connectivity index (χ1n) is 10.7. The summed E-state index contributed by atoms with van der Waals surface area (Å²) in [4.78, 5) is 20.8. The molecule has 0 bridgehead atoms. The number of rotatable bonds is 6. The Morgan fingerprint density at radius 3 is 2.81 bits per heavy atom. The van der Waals surface area contributed by atoms with Crippen molar-refractivity contribution in [3.63, 3.8) is 0 Å². The third kappa shape index (κ3) is 4.34. The van der Waals surface area contributed by atoms with Gasteiger partial charge in [0.05, 0.1) is 25.0 Å². The van der Waals surface area contributed by atoms with Crippen LogP contribution in [-0.2, 0) is 9.53 Å². The molecule has 5 rings (SSSR count). The van der Waals surface area contributed by atoms with Crippen LogP contribution in [0.1, 0.15) is 36.5 Å². The number of oxazole rings is 1. The second kappa shape index (κ2) is 8.81. The van der Waals surface area contributed by atoms with Crippen LogP contribution in [0, 0.1) is 17.2 Å². The van der Waals surface area contributed by atoms with Crippen LogP contribution >= 0.6 is 0 Å². The van der Waals surface area contributed by atoms with Gasteiger partial charge in [-0.3, -0.25) is 4.79 Å². The Morgan fingerprint density at radius 1 is 1.19 bits per heavy atom. The molecule has 162 valence electrons. The van der Waals surface area contributed by atoms with Crippen LogP contribution in [0.25, 0.3) is 11.1 Å². The van der Waals surface area contributed by atoms with Crippen LogP contribution in [0.4, 0.5) is 5.82 Å². The Kier molecular flexibility index (Phi) is 5.57. The van der Waals surface area contributed by atoms with Crippen molar-refractivity contribution >= 4 is 11.7 Å². The van der Waals surface area contributed by atoms with Gasteiger partial charge >= 0.3 is 0 Å². The first kappa shape index (κ1) is 20.2. The van der Waals surface area contributed by atoms with Crippen LogP contribution in [0.5, 0.6) is 5.75 Å². The van der Waals surface area contributed by atoms with Gasteiger partial charge in [0.2, 0.25) is 5.91 Å². The van der Waals surface area contributed by atoms with E-state index in [0.717, 1.165) is 36.1 Å². The fourth-order valence-electron chi connectivity index (χ4n) is 3.98. The molecule has 0 radical (unpaired) electrons. The fraction of sp³-hybridized carbons (Fsp3) is 0.333. The normalized spacial score (nSPS) is 20.3. The largest absolute Gasteiger partial charge is 0.489 e. The van der Waals surface area contributed by atoms with Gasteiger partial charge in [-0.1, -0.05) is 6.07 Å². The lowest BCUT2D eigenvalue weighted by Gasteiger charge is -2.23. The predicted molar refractivity (Wildman–Crippen MR) is 115 cm³/mol. The summed E-state index contributed by atoms with van der Waals surface area (Å²) >= 11 is 0. The SMILES string of the molecule is N#Cc1cc(-c2ccnc(NC(=O)[C@@H]3C[C@H]3c3cnco3)c2)ccc1OC1CCOCC1. The van der Waals surface area contributed by atoms with Crippen molar-refractivity contribution in [3.8, 4) is 22.9 Å². The van der Waals surface area contributed by atoms with Gasteiger partial charge in [0, 0.05) is 30.9 Å². The number of carbonyl (C=O) groups excluding carboxylic acids is 1. The lowest BCUT2D eigenvalue weighted by molar-refractivity contribution is -0.117. The topological polar surface area (TPSA) is 110 Å². The van der Waals surface area contributed by atoms with E-state index >= 15 is 0 Å². The van der Waals surface area contributed by atoms with E-state index in [1.807, 2.05) is 18.2 Å². The Balaban J connectivity index is 1.28. The summed E-state index contributed by atoms with van der Waals surface area (Å²) < 4.78 is 16.7. The first-order valence-corrected chi connectivity index (χ1v) is 10.7. The van der Waals surface area contributed by atoms with Crippen LogP contribution in [0.3, 0.4) is 0 Å². The van der Waals surface area contributed by atoms with Gasteiger partial charge in [0.1, 0.15) is 29.5 Å². The summed E-state index contributed by atoms with van der Waals surface area (Å²) in [6.45, 7) is 1.35. The van der Waals surface area contributed by atoms with Gasteiger partial charge < -0.3 is 19.2 Å². The van der Waals surface area contributed by atoms with Crippen LogP contribution < -0.4 is 10.1 Å². The predicted octanol–water partition coefficient (Wildman–Crippen LogP) is 3.91. The van der Waals surface area contributed by atoms with Crippen molar-refractivity contribution in [1.29, 1.82) is 5.26 Å². The van der Waals surface area contributed by atoms with Crippen molar-refractivity contribution in [2.24, 2.45) is 5.92 Å². The number of pyridine rings is 1. The number of aromatic nitrogens is 2. The van der Waals surface area contributed by atoms with E-state index in [9.17, 15) is 10.1 Å². The number of hydrogen-bond donors (Lipinski definition) is 1. The first-order chi connectivity index (χ1) is 15.7. The molecule has 3 heterocycles. The quantitative estimate of drug-likeness (QED) is 0.631. The molecule has 2 aliphatic rings. The zero-order chi connectivity index (χ0) is 21.9. The molecular weight excluding hydrogens is 408 g/mol. The highest BCUT2D eigenvalue weighted by molar-refractivity contribution is 5.94. The lowest BCUT2D eigenvalue weighted by atomic mass is 10.0. The van der Waals surface area contributed by atoms with Crippen molar-refractivity contribution in [2.75, 3.05) is 18.5 Å². The highest BCUT2D eigenvalue weighted by Gasteiger charge is 2.46. The molecular formula is C24H22N4O4. The average Bonchev–Trinajstić information content (AvgIpc) is 3.45. The van der Waals surface area contributed by atoms with E-state index in [1.165, 1.54) is 6.39 Å². The molecule has 1 aliphatic heterocycles. The van der Waals surface area contributed by atoms with Gasteiger partial charge in [-0.2, -0.15) is 5.26 Å². The molecule has 1 aliphatic carbocycles. The Labute approximate surface area is 185 Å². The monoisotopic (exact) mass is 430 g/mol. The molecule has 1 saturated heterocycles. The Morgan fingerprint density at radius 2 is 2.03 bits per heavy atom. The van der Waals surface area contributed by atoms with Gasteiger partial charge in [-0.25, -0.2) is 9.97 Å². The minimum absolute atomic E-state index is 0.0626. The molecule has 1 saturated carbocycles. The fourth-order valence-corrected chi connectivity index (χ4v) is 3.98. The van der Waals surface area contributed by atoms with E-state index < -0.39 is 0 Å². The second-order valence-corrected chi connectivity index (χ2v) is 8.02. The minimum Gasteiger partial charge on any atom is -0.489 e. The maximum atomic E-state index is 12.6. The van der Waals surface area contributed by atoms with Crippen molar-refractivity contribution in [1.82, 2.24) is 9.97 Å². The molecule has 2 atom stereocenters. The molecule has 3 aromatic rings. The van der Waals surface area contributed by atoms with Crippen molar-refractivity contribution in [2.45, 2.75) is 31.3 Å². The summed E-state index contributed by atoms with van der Waals surface area (Å²) in [6.07, 6.45) is 7.11. The average molecular weight is 430 g/mol. The van der Waals surface area contributed by atoms with Crippen molar-refractivity contribution < 1.29 is 18.7 Å². The number of benzene rings is 1. The van der Waals surface area contributed by atoms with Gasteiger partial charge in [0.15, 0.2) is 6.39 Å². The molecule has 1 amide bonds. The molecule has 0 spiro atoms. The zero-order valence-electron chi connectivity index (χ0n) is 17.4. The smallest absolute Gasteiger partial charge is 0.229 e. The van der Waals surface area contributed by atoms with E-state index in [2.05, 4.69) is 21.4 Å². The maximum absolute atomic E-state index is 12.6. The van der Waals surface area contributed by atoms with Crippen molar-refractivity contribution in [3.05, 3.63) is 60.4 Å². The van der Waals surface area contributed by atoms with Gasteiger partial charge in [0.25, 0.3) is 0 Å².